The lowest BCUT2D eigenvalue weighted by Gasteiger charge is -2.50. The molecule has 2 unspecified atom stereocenters. The monoisotopic (exact) mass is 276 g/mol. The number of fused-ring (bicyclic) bond motifs is 1. The van der Waals surface area contributed by atoms with Crippen LogP contribution in [0.4, 0.5) is 4.39 Å². The molecule has 1 spiro atoms. The molecule has 2 nitrogen and oxygen atoms in total. The maximum absolute atomic E-state index is 13.9. The fraction of sp³-hybridized carbons (Fsp3) is 0.647. The van der Waals surface area contributed by atoms with E-state index in [9.17, 15) is 9.50 Å². The Bertz CT molecular complexity index is 538. The summed E-state index contributed by atoms with van der Waals surface area (Å²) in [6, 6.07) is 5.14. The molecule has 1 saturated carbocycles. The summed E-state index contributed by atoms with van der Waals surface area (Å²) >= 11 is 0. The van der Waals surface area contributed by atoms with Gasteiger partial charge >= 0.3 is 0 Å². The van der Waals surface area contributed by atoms with Crippen LogP contribution in [-0.2, 0) is 16.8 Å². The minimum absolute atomic E-state index is 0.0225. The summed E-state index contributed by atoms with van der Waals surface area (Å²) in [5.41, 5.74) is 0.737. The summed E-state index contributed by atoms with van der Waals surface area (Å²) in [5, 5.41) is 11.2. The van der Waals surface area contributed by atoms with Gasteiger partial charge in [0, 0.05) is 6.61 Å². The van der Waals surface area contributed by atoms with Gasteiger partial charge in [0.1, 0.15) is 5.82 Å². The van der Waals surface area contributed by atoms with E-state index in [1.54, 1.807) is 6.07 Å². The van der Waals surface area contributed by atoms with Gasteiger partial charge in [-0.2, -0.15) is 0 Å². The highest BCUT2D eigenvalue weighted by Crippen LogP contribution is 2.52. The third-order valence-electron chi connectivity index (χ3n) is 5.77. The van der Waals surface area contributed by atoms with Crippen LogP contribution in [0.5, 0.6) is 0 Å². The van der Waals surface area contributed by atoms with Crippen molar-refractivity contribution in [2.24, 2.45) is 5.92 Å². The molecule has 3 aliphatic rings. The first-order chi connectivity index (χ1) is 9.63. The van der Waals surface area contributed by atoms with E-state index in [1.807, 2.05) is 6.07 Å². The summed E-state index contributed by atoms with van der Waals surface area (Å²) in [6.45, 7) is 0.734. The van der Waals surface area contributed by atoms with Gasteiger partial charge in [-0.15, -0.1) is 0 Å². The average Bonchev–Trinajstić information content (AvgIpc) is 2.78. The van der Waals surface area contributed by atoms with Crippen LogP contribution in [0.2, 0.25) is 0 Å². The van der Waals surface area contributed by atoms with Crippen molar-refractivity contribution >= 4 is 0 Å². The SMILES string of the molecule is OC1(C2CCOC3(CCC3)C2)CCc2c(F)cccc21. The van der Waals surface area contributed by atoms with Crippen molar-refractivity contribution < 1.29 is 14.2 Å². The molecule has 1 aromatic carbocycles. The second-order valence-electron chi connectivity index (χ2n) is 6.76. The average molecular weight is 276 g/mol. The van der Waals surface area contributed by atoms with Crippen LogP contribution in [0.25, 0.3) is 0 Å². The largest absolute Gasteiger partial charge is 0.385 e. The molecule has 0 radical (unpaired) electrons. The van der Waals surface area contributed by atoms with Crippen LogP contribution in [0.1, 0.15) is 49.7 Å². The summed E-state index contributed by atoms with van der Waals surface area (Å²) in [4.78, 5) is 0. The van der Waals surface area contributed by atoms with Gasteiger partial charge in [-0.05, 0) is 68.1 Å². The molecule has 0 bridgehead atoms. The number of aliphatic hydroxyl groups is 1. The number of hydrogen-bond acceptors (Lipinski definition) is 2. The molecule has 2 aliphatic carbocycles. The van der Waals surface area contributed by atoms with Crippen molar-refractivity contribution in [3.05, 3.63) is 35.1 Å². The smallest absolute Gasteiger partial charge is 0.126 e. The Morgan fingerprint density at radius 1 is 1.25 bits per heavy atom. The number of halogens is 1. The molecule has 1 aliphatic heterocycles. The fourth-order valence-electron chi connectivity index (χ4n) is 4.45. The van der Waals surface area contributed by atoms with Crippen molar-refractivity contribution in [3.63, 3.8) is 0 Å². The number of ether oxygens (including phenoxy) is 1. The van der Waals surface area contributed by atoms with Crippen LogP contribution < -0.4 is 0 Å². The Labute approximate surface area is 119 Å². The zero-order valence-corrected chi connectivity index (χ0v) is 11.7. The van der Waals surface area contributed by atoms with E-state index in [1.165, 1.54) is 12.5 Å². The maximum Gasteiger partial charge on any atom is 0.126 e. The summed E-state index contributed by atoms with van der Waals surface area (Å²) < 4.78 is 19.9. The van der Waals surface area contributed by atoms with E-state index in [0.717, 1.165) is 43.4 Å². The molecular weight excluding hydrogens is 255 g/mol. The summed E-state index contributed by atoms with van der Waals surface area (Å²) in [5.74, 6) is 0.0449. The fourth-order valence-corrected chi connectivity index (χ4v) is 4.45. The predicted octanol–water partition coefficient (Wildman–Crippen LogP) is 3.31. The van der Waals surface area contributed by atoms with Gasteiger partial charge < -0.3 is 9.84 Å². The molecule has 0 amide bonds. The van der Waals surface area contributed by atoms with Crippen molar-refractivity contribution in [2.75, 3.05) is 6.61 Å². The highest BCUT2D eigenvalue weighted by atomic mass is 19.1. The quantitative estimate of drug-likeness (QED) is 0.852. The zero-order chi connectivity index (χ0) is 13.8. The summed E-state index contributed by atoms with van der Waals surface area (Å²) in [6.07, 6.45) is 6.60. The van der Waals surface area contributed by atoms with E-state index in [2.05, 4.69) is 0 Å². The van der Waals surface area contributed by atoms with E-state index >= 15 is 0 Å². The van der Waals surface area contributed by atoms with E-state index in [-0.39, 0.29) is 17.3 Å². The Morgan fingerprint density at radius 2 is 2.10 bits per heavy atom. The molecule has 1 heterocycles. The highest BCUT2D eigenvalue weighted by Gasteiger charge is 2.51. The summed E-state index contributed by atoms with van der Waals surface area (Å²) in [7, 11) is 0. The molecule has 4 rings (SSSR count). The number of benzene rings is 1. The Morgan fingerprint density at radius 3 is 2.85 bits per heavy atom. The molecule has 2 fully saturated rings. The lowest BCUT2D eigenvalue weighted by atomic mass is 9.66. The second-order valence-corrected chi connectivity index (χ2v) is 6.76. The lowest BCUT2D eigenvalue weighted by molar-refractivity contribution is -0.177. The van der Waals surface area contributed by atoms with Crippen LogP contribution in [-0.4, -0.2) is 17.3 Å². The van der Waals surface area contributed by atoms with E-state index in [0.29, 0.717) is 12.8 Å². The van der Waals surface area contributed by atoms with Crippen LogP contribution >= 0.6 is 0 Å². The van der Waals surface area contributed by atoms with Gasteiger partial charge in [-0.25, -0.2) is 4.39 Å². The molecule has 3 heteroatoms. The Hall–Kier alpha value is -0.930. The van der Waals surface area contributed by atoms with Crippen LogP contribution in [0, 0.1) is 11.7 Å². The Balaban J connectivity index is 1.67. The first-order valence-electron chi connectivity index (χ1n) is 7.77. The molecule has 0 aromatic heterocycles. The van der Waals surface area contributed by atoms with Crippen molar-refractivity contribution in [2.45, 2.75) is 56.1 Å². The van der Waals surface area contributed by atoms with Gasteiger partial charge in [0.05, 0.1) is 11.2 Å². The molecule has 20 heavy (non-hydrogen) atoms. The van der Waals surface area contributed by atoms with Crippen LogP contribution in [0.3, 0.4) is 0 Å². The van der Waals surface area contributed by atoms with E-state index in [4.69, 9.17) is 4.74 Å². The highest BCUT2D eigenvalue weighted by molar-refractivity contribution is 5.39. The zero-order valence-electron chi connectivity index (χ0n) is 11.7. The number of rotatable bonds is 1. The number of hydrogen-bond donors (Lipinski definition) is 1. The third-order valence-corrected chi connectivity index (χ3v) is 5.77. The standard InChI is InChI=1S/C17H21FO2/c18-15-4-1-3-14-13(15)5-9-17(14,19)12-6-10-20-16(11-12)7-2-8-16/h1,3-4,12,19H,2,5-11H2. The van der Waals surface area contributed by atoms with Crippen molar-refractivity contribution in [1.29, 1.82) is 0 Å². The second kappa shape index (κ2) is 4.28. The molecule has 1 N–H and O–H groups in total. The first kappa shape index (κ1) is 12.8. The van der Waals surface area contributed by atoms with E-state index < -0.39 is 5.60 Å². The third kappa shape index (κ3) is 1.69. The van der Waals surface area contributed by atoms with Crippen molar-refractivity contribution in [3.8, 4) is 0 Å². The van der Waals surface area contributed by atoms with Gasteiger partial charge in [0.15, 0.2) is 0 Å². The topological polar surface area (TPSA) is 29.5 Å². The molecule has 2 atom stereocenters. The molecular formula is C17H21FO2. The molecule has 1 aromatic rings. The lowest BCUT2D eigenvalue weighted by Crippen LogP contribution is -2.50. The van der Waals surface area contributed by atoms with Gasteiger partial charge in [-0.1, -0.05) is 12.1 Å². The van der Waals surface area contributed by atoms with Gasteiger partial charge in [-0.3, -0.25) is 0 Å². The normalized spacial score (nSPS) is 34.8. The first-order valence-corrected chi connectivity index (χ1v) is 7.77. The minimum Gasteiger partial charge on any atom is -0.385 e. The Kier molecular flexibility index (Phi) is 2.74. The molecule has 108 valence electrons. The van der Waals surface area contributed by atoms with Crippen molar-refractivity contribution in [1.82, 2.24) is 0 Å². The van der Waals surface area contributed by atoms with Gasteiger partial charge in [0.2, 0.25) is 0 Å². The van der Waals surface area contributed by atoms with Gasteiger partial charge in [0.25, 0.3) is 0 Å². The predicted molar refractivity (Wildman–Crippen MR) is 73.9 cm³/mol. The van der Waals surface area contributed by atoms with Crippen LogP contribution in [0.15, 0.2) is 18.2 Å². The maximum atomic E-state index is 13.9. The molecule has 1 saturated heterocycles. The minimum atomic E-state index is -0.843.